The molecule has 2 aliphatic rings. The molecule has 30 heavy (non-hydrogen) atoms. The topological polar surface area (TPSA) is 69.7 Å². The Balaban J connectivity index is 1.54. The lowest BCUT2D eigenvalue weighted by Crippen LogP contribution is -2.48. The molecule has 2 aliphatic heterocycles. The molecule has 1 N–H and O–H groups in total. The highest BCUT2D eigenvalue weighted by molar-refractivity contribution is 6.12. The molecule has 1 saturated heterocycles. The van der Waals surface area contributed by atoms with E-state index < -0.39 is 11.9 Å². The van der Waals surface area contributed by atoms with Crippen molar-refractivity contribution >= 4 is 23.4 Å². The van der Waals surface area contributed by atoms with Crippen molar-refractivity contribution in [2.24, 2.45) is 0 Å². The van der Waals surface area contributed by atoms with Gasteiger partial charge in [0.2, 0.25) is 11.8 Å². The number of hydrogen-bond acceptors (Lipinski definition) is 3. The Labute approximate surface area is 174 Å². The normalized spacial score (nSPS) is 18.1. The summed E-state index contributed by atoms with van der Waals surface area (Å²) in [5.41, 5.74) is 2.56. The Morgan fingerprint density at radius 2 is 1.87 bits per heavy atom. The van der Waals surface area contributed by atoms with E-state index in [1.54, 1.807) is 0 Å². The number of carbonyl (C=O) groups excluding carboxylic acids is 3. The van der Waals surface area contributed by atoms with Gasteiger partial charge in [-0.05, 0) is 48.6 Å². The van der Waals surface area contributed by atoms with Crippen LogP contribution in [0.1, 0.15) is 41.3 Å². The third-order valence-electron chi connectivity index (χ3n) is 5.77. The monoisotopic (exact) mass is 409 g/mol. The lowest BCUT2D eigenvalue weighted by atomic mass is 10.1. The summed E-state index contributed by atoms with van der Waals surface area (Å²) in [6.07, 6.45) is 2.21. The van der Waals surface area contributed by atoms with E-state index in [-0.39, 0.29) is 35.5 Å². The number of aryl methyl sites for hydroxylation is 1. The van der Waals surface area contributed by atoms with Crippen LogP contribution in [-0.2, 0) is 22.6 Å². The van der Waals surface area contributed by atoms with Gasteiger partial charge in [0.1, 0.15) is 18.4 Å². The highest BCUT2D eigenvalue weighted by Crippen LogP contribution is 2.32. The lowest BCUT2D eigenvalue weighted by molar-refractivity contribution is -0.125. The van der Waals surface area contributed by atoms with Gasteiger partial charge in [0, 0.05) is 13.1 Å². The van der Waals surface area contributed by atoms with Crippen LogP contribution in [0.15, 0.2) is 42.5 Å². The molecular weight excluding hydrogens is 385 g/mol. The van der Waals surface area contributed by atoms with Crippen molar-refractivity contribution in [1.29, 1.82) is 0 Å². The molecule has 2 aromatic rings. The van der Waals surface area contributed by atoms with Crippen molar-refractivity contribution in [2.45, 2.75) is 38.8 Å². The van der Waals surface area contributed by atoms with E-state index in [0.29, 0.717) is 19.5 Å². The molecule has 0 aliphatic carbocycles. The zero-order valence-electron chi connectivity index (χ0n) is 16.9. The van der Waals surface area contributed by atoms with Crippen molar-refractivity contribution in [1.82, 2.24) is 10.2 Å². The number of hydrogen-bond donors (Lipinski definition) is 1. The predicted octanol–water partition coefficient (Wildman–Crippen LogP) is 2.66. The molecule has 6 nitrogen and oxygen atoms in total. The van der Waals surface area contributed by atoms with Crippen molar-refractivity contribution in [3.8, 4) is 0 Å². The van der Waals surface area contributed by atoms with Crippen LogP contribution in [0.5, 0.6) is 0 Å². The Morgan fingerprint density at radius 3 is 2.60 bits per heavy atom. The summed E-state index contributed by atoms with van der Waals surface area (Å²) >= 11 is 0. The summed E-state index contributed by atoms with van der Waals surface area (Å²) < 4.78 is 14.0. The maximum absolute atomic E-state index is 14.0. The molecule has 2 heterocycles. The summed E-state index contributed by atoms with van der Waals surface area (Å²) in [7, 11) is 0. The molecule has 2 aromatic carbocycles. The van der Waals surface area contributed by atoms with E-state index in [0.717, 1.165) is 24.5 Å². The van der Waals surface area contributed by atoms with E-state index in [4.69, 9.17) is 0 Å². The SMILES string of the molecule is CCc1ccc(CNC(=O)CN2C(=O)C3CCCN3C(=O)c3ccc(F)cc32)cc1. The minimum atomic E-state index is -0.609. The molecule has 0 spiro atoms. The van der Waals surface area contributed by atoms with Gasteiger partial charge in [-0.2, -0.15) is 0 Å². The summed E-state index contributed by atoms with van der Waals surface area (Å²) in [6, 6.07) is 11.1. The average molecular weight is 409 g/mol. The zero-order chi connectivity index (χ0) is 21.3. The Bertz CT molecular complexity index is 990. The summed E-state index contributed by atoms with van der Waals surface area (Å²) in [5, 5.41) is 2.82. The number of carbonyl (C=O) groups is 3. The van der Waals surface area contributed by atoms with Crippen LogP contribution in [-0.4, -0.2) is 41.8 Å². The third kappa shape index (κ3) is 3.79. The second-order valence-electron chi connectivity index (χ2n) is 7.69. The number of rotatable bonds is 5. The first-order valence-corrected chi connectivity index (χ1v) is 10.2. The van der Waals surface area contributed by atoms with E-state index in [2.05, 4.69) is 12.2 Å². The largest absolute Gasteiger partial charge is 0.350 e. The fraction of sp³-hybridized carbons (Fsp3) is 0.348. The fourth-order valence-corrected chi connectivity index (χ4v) is 4.08. The van der Waals surface area contributed by atoms with Gasteiger partial charge < -0.3 is 15.1 Å². The highest BCUT2D eigenvalue weighted by Gasteiger charge is 2.42. The van der Waals surface area contributed by atoms with Crippen LogP contribution < -0.4 is 10.2 Å². The number of anilines is 1. The Hall–Kier alpha value is -3.22. The highest BCUT2D eigenvalue weighted by atomic mass is 19.1. The molecule has 1 fully saturated rings. The molecule has 0 aromatic heterocycles. The van der Waals surface area contributed by atoms with Crippen LogP contribution in [0.4, 0.5) is 10.1 Å². The fourth-order valence-electron chi connectivity index (χ4n) is 4.08. The van der Waals surface area contributed by atoms with Crippen molar-refractivity contribution in [2.75, 3.05) is 18.0 Å². The van der Waals surface area contributed by atoms with E-state index in [9.17, 15) is 18.8 Å². The van der Waals surface area contributed by atoms with Crippen LogP contribution >= 0.6 is 0 Å². The molecule has 0 saturated carbocycles. The molecule has 1 unspecified atom stereocenters. The van der Waals surface area contributed by atoms with Crippen LogP contribution in [0.2, 0.25) is 0 Å². The first kappa shape index (κ1) is 20.1. The average Bonchev–Trinajstić information content (AvgIpc) is 3.23. The Kier molecular flexibility index (Phi) is 5.53. The number of benzene rings is 2. The molecule has 156 valence electrons. The second kappa shape index (κ2) is 8.26. The van der Waals surface area contributed by atoms with Crippen molar-refractivity contribution < 1.29 is 18.8 Å². The minimum Gasteiger partial charge on any atom is -0.350 e. The van der Waals surface area contributed by atoms with Crippen molar-refractivity contribution in [3.63, 3.8) is 0 Å². The van der Waals surface area contributed by atoms with Gasteiger partial charge in [-0.25, -0.2) is 4.39 Å². The van der Waals surface area contributed by atoms with Gasteiger partial charge in [0.05, 0.1) is 11.3 Å². The standard InChI is InChI=1S/C23H24FN3O3/c1-2-15-5-7-16(8-6-15)13-25-21(28)14-27-20-12-17(24)9-10-18(20)22(29)26-11-3-4-19(26)23(27)30/h5-10,12,19H,2-4,11,13-14H2,1H3,(H,25,28). The zero-order valence-corrected chi connectivity index (χ0v) is 16.9. The third-order valence-corrected chi connectivity index (χ3v) is 5.77. The predicted molar refractivity (Wildman–Crippen MR) is 110 cm³/mol. The molecule has 1 atom stereocenters. The van der Waals surface area contributed by atoms with Crippen LogP contribution in [0.3, 0.4) is 0 Å². The smallest absolute Gasteiger partial charge is 0.256 e. The number of nitrogens with one attached hydrogen (secondary N) is 1. The van der Waals surface area contributed by atoms with Gasteiger partial charge in [0.25, 0.3) is 5.91 Å². The van der Waals surface area contributed by atoms with Crippen LogP contribution in [0.25, 0.3) is 0 Å². The van der Waals surface area contributed by atoms with Gasteiger partial charge in [-0.1, -0.05) is 31.2 Å². The van der Waals surface area contributed by atoms with Gasteiger partial charge in [-0.15, -0.1) is 0 Å². The van der Waals surface area contributed by atoms with Gasteiger partial charge >= 0.3 is 0 Å². The van der Waals surface area contributed by atoms with Gasteiger partial charge in [-0.3, -0.25) is 14.4 Å². The van der Waals surface area contributed by atoms with Crippen molar-refractivity contribution in [3.05, 3.63) is 65.0 Å². The van der Waals surface area contributed by atoms with Crippen LogP contribution in [0, 0.1) is 5.82 Å². The van der Waals surface area contributed by atoms with Gasteiger partial charge in [0.15, 0.2) is 0 Å². The number of nitrogens with zero attached hydrogens (tertiary/aromatic N) is 2. The first-order chi connectivity index (χ1) is 14.5. The quantitative estimate of drug-likeness (QED) is 0.826. The Morgan fingerprint density at radius 1 is 1.13 bits per heavy atom. The lowest BCUT2D eigenvalue weighted by Gasteiger charge is -2.25. The summed E-state index contributed by atoms with van der Waals surface area (Å²) in [5.74, 6) is -1.55. The molecule has 0 bridgehead atoms. The maximum Gasteiger partial charge on any atom is 0.256 e. The summed E-state index contributed by atoms with van der Waals surface area (Å²) in [4.78, 5) is 41.5. The second-order valence-corrected chi connectivity index (χ2v) is 7.69. The van der Waals surface area contributed by atoms with E-state index in [1.807, 2.05) is 24.3 Å². The summed E-state index contributed by atoms with van der Waals surface area (Å²) in [6.45, 7) is 2.63. The molecule has 0 radical (unpaired) electrons. The first-order valence-electron chi connectivity index (χ1n) is 10.2. The van der Waals surface area contributed by atoms with E-state index >= 15 is 0 Å². The number of fused-ring (bicyclic) bond motifs is 2. The van der Waals surface area contributed by atoms with E-state index in [1.165, 1.54) is 27.5 Å². The number of halogens is 1. The molecule has 4 rings (SSSR count). The molecule has 7 heteroatoms. The minimum absolute atomic E-state index is 0.154. The molecule has 3 amide bonds. The molecular formula is C23H24FN3O3. The number of amides is 3. The maximum atomic E-state index is 14.0.